The molecule has 0 radical (unpaired) electrons. The van der Waals surface area contributed by atoms with Crippen LogP contribution in [0.3, 0.4) is 0 Å². The van der Waals surface area contributed by atoms with E-state index >= 15 is 0 Å². The van der Waals surface area contributed by atoms with Crippen molar-refractivity contribution in [2.75, 3.05) is 26.2 Å². The summed E-state index contributed by atoms with van der Waals surface area (Å²) in [7, 11) is 0. The predicted molar refractivity (Wildman–Crippen MR) is 91.4 cm³/mol. The van der Waals surface area contributed by atoms with Crippen molar-refractivity contribution >= 4 is 11.8 Å². The van der Waals surface area contributed by atoms with Crippen LogP contribution >= 0.6 is 0 Å². The van der Waals surface area contributed by atoms with Crippen LogP contribution in [0.2, 0.25) is 0 Å². The number of halogens is 1. The van der Waals surface area contributed by atoms with Crippen LogP contribution < -0.4 is 0 Å². The van der Waals surface area contributed by atoms with E-state index in [4.69, 9.17) is 0 Å². The zero-order valence-corrected chi connectivity index (χ0v) is 13.9. The molecule has 6 heteroatoms. The largest absolute Gasteiger partial charge is 0.339 e. The Kier molecular flexibility index (Phi) is 5.38. The Morgan fingerprint density at radius 3 is 2.32 bits per heavy atom. The van der Waals surface area contributed by atoms with Crippen molar-refractivity contribution in [3.8, 4) is 0 Å². The van der Waals surface area contributed by atoms with E-state index in [1.807, 2.05) is 0 Å². The van der Waals surface area contributed by atoms with Crippen LogP contribution in [0.4, 0.5) is 4.39 Å². The number of pyridine rings is 1. The van der Waals surface area contributed by atoms with E-state index < -0.39 is 0 Å². The molecule has 0 spiro atoms. The van der Waals surface area contributed by atoms with E-state index in [1.54, 1.807) is 46.5 Å². The summed E-state index contributed by atoms with van der Waals surface area (Å²) in [5, 5.41) is 0. The fourth-order valence-corrected chi connectivity index (χ4v) is 2.89. The van der Waals surface area contributed by atoms with Gasteiger partial charge in [0, 0.05) is 45.0 Å². The molecule has 1 aliphatic rings. The number of carbonyl (C=O) groups excluding carboxylic acids is 2. The van der Waals surface area contributed by atoms with Crippen molar-refractivity contribution in [3.05, 3.63) is 65.7 Å². The van der Waals surface area contributed by atoms with Gasteiger partial charge in [-0.25, -0.2) is 4.39 Å². The number of aryl methyl sites for hydroxylation is 1. The molecule has 2 aromatic rings. The Morgan fingerprint density at radius 2 is 1.68 bits per heavy atom. The van der Waals surface area contributed by atoms with E-state index in [2.05, 4.69) is 4.98 Å². The summed E-state index contributed by atoms with van der Waals surface area (Å²) in [6, 6.07) is 9.70. The maximum atomic E-state index is 12.9. The first-order valence-electron chi connectivity index (χ1n) is 8.35. The lowest BCUT2D eigenvalue weighted by Gasteiger charge is -2.34. The van der Waals surface area contributed by atoms with Crippen molar-refractivity contribution < 1.29 is 14.0 Å². The van der Waals surface area contributed by atoms with Crippen LogP contribution in [0.15, 0.2) is 48.8 Å². The summed E-state index contributed by atoms with van der Waals surface area (Å²) in [5.74, 6) is -0.256. The van der Waals surface area contributed by atoms with E-state index in [0.29, 0.717) is 44.6 Å². The molecule has 0 aliphatic carbocycles. The van der Waals surface area contributed by atoms with Gasteiger partial charge in [0.05, 0.1) is 5.56 Å². The second-order valence-corrected chi connectivity index (χ2v) is 6.04. The number of benzene rings is 1. The van der Waals surface area contributed by atoms with Crippen molar-refractivity contribution in [2.24, 2.45) is 0 Å². The molecule has 5 nitrogen and oxygen atoms in total. The average molecular weight is 341 g/mol. The molecule has 25 heavy (non-hydrogen) atoms. The minimum Gasteiger partial charge on any atom is -0.339 e. The quantitative estimate of drug-likeness (QED) is 0.856. The lowest BCUT2D eigenvalue weighted by molar-refractivity contribution is -0.132. The highest BCUT2D eigenvalue weighted by molar-refractivity contribution is 5.94. The van der Waals surface area contributed by atoms with Gasteiger partial charge < -0.3 is 9.80 Å². The highest BCUT2D eigenvalue weighted by atomic mass is 19.1. The number of amides is 2. The van der Waals surface area contributed by atoms with Crippen LogP contribution in [0.1, 0.15) is 22.3 Å². The first kappa shape index (κ1) is 17.1. The van der Waals surface area contributed by atoms with Crippen molar-refractivity contribution in [1.82, 2.24) is 14.8 Å². The van der Waals surface area contributed by atoms with Gasteiger partial charge in [-0.1, -0.05) is 12.1 Å². The van der Waals surface area contributed by atoms with Gasteiger partial charge >= 0.3 is 0 Å². The van der Waals surface area contributed by atoms with Crippen molar-refractivity contribution in [1.29, 1.82) is 0 Å². The number of hydrogen-bond donors (Lipinski definition) is 0. The van der Waals surface area contributed by atoms with Gasteiger partial charge in [0.25, 0.3) is 5.91 Å². The minimum absolute atomic E-state index is 0.0495. The number of aromatic nitrogens is 1. The molecule has 0 bridgehead atoms. The van der Waals surface area contributed by atoms with Gasteiger partial charge in [-0.3, -0.25) is 14.6 Å². The molecule has 0 atom stereocenters. The first-order valence-corrected chi connectivity index (χ1v) is 8.35. The summed E-state index contributed by atoms with van der Waals surface area (Å²) in [6.07, 6.45) is 4.17. The molecule has 0 N–H and O–H groups in total. The Bertz CT molecular complexity index is 726. The molecular weight excluding hydrogens is 321 g/mol. The average Bonchev–Trinajstić information content (AvgIpc) is 2.67. The molecule has 130 valence electrons. The summed E-state index contributed by atoms with van der Waals surface area (Å²) >= 11 is 0. The molecule has 2 heterocycles. The van der Waals surface area contributed by atoms with Gasteiger partial charge in [0.2, 0.25) is 5.91 Å². The second kappa shape index (κ2) is 7.88. The highest BCUT2D eigenvalue weighted by Crippen LogP contribution is 2.11. The Hall–Kier alpha value is -2.76. The standard InChI is InChI=1S/C19H20FN3O2/c20-17-6-3-15(4-7-17)5-8-18(24)22-10-12-23(13-11-22)19(25)16-2-1-9-21-14-16/h1-4,6-7,9,14H,5,8,10-13H2. The maximum Gasteiger partial charge on any atom is 0.255 e. The zero-order chi connectivity index (χ0) is 17.6. The van der Waals surface area contributed by atoms with E-state index in [9.17, 15) is 14.0 Å². The molecular formula is C19H20FN3O2. The third kappa shape index (κ3) is 4.41. The zero-order valence-electron chi connectivity index (χ0n) is 13.9. The molecule has 1 saturated heterocycles. The fourth-order valence-electron chi connectivity index (χ4n) is 2.89. The first-order chi connectivity index (χ1) is 12.1. The summed E-state index contributed by atoms with van der Waals surface area (Å²) < 4.78 is 12.9. The Morgan fingerprint density at radius 1 is 1.00 bits per heavy atom. The predicted octanol–water partition coefficient (Wildman–Crippen LogP) is 2.14. The minimum atomic E-state index is -0.274. The fraction of sp³-hybridized carbons (Fsp3) is 0.316. The van der Waals surface area contributed by atoms with E-state index in [1.165, 1.54) is 12.1 Å². The van der Waals surface area contributed by atoms with Gasteiger partial charge in [-0.15, -0.1) is 0 Å². The molecule has 0 saturated carbocycles. The molecule has 1 aromatic carbocycles. The molecule has 1 fully saturated rings. The van der Waals surface area contributed by atoms with Gasteiger partial charge in [0.15, 0.2) is 0 Å². The molecule has 1 aromatic heterocycles. The lowest BCUT2D eigenvalue weighted by Crippen LogP contribution is -2.50. The van der Waals surface area contributed by atoms with E-state index in [0.717, 1.165) is 5.56 Å². The number of hydrogen-bond acceptors (Lipinski definition) is 3. The number of rotatable bonds is 4. The maximum absolute atomic E-state index is 12.9. The van der Waals surface area contributed by atoms with Gasteiger partial charge in [-0.05, 0) is 36.2 Å². The van der Waals surface area contributed by atoms with Crippen molar-refractivity contribution in [2.45, 2.75) is 12.8 Å². The Labute approximate surface area is 146 Å². The second-order valence-electron chi connectivity index (χ2n) is 6.04. The van der Waals surface area contributed by atoms with Gasteiger partial charge in [0.1, 0.15) is 5.82 Å². The lowest BCUT2D eigenvalue weighted by atomic mass is 10.1. The Balaban J connectivity index is 1.47. The third-order valence-electron chi connectivity index (χ3n) is 4.37. The summed E-state index contributed by atoms with van der Waals surface area (Å²) in [4.78, 5) is 32.2. The molecule has 1 aliphatic heterocycles. The van der Waals surface area contributed by atoms with Crippen LogP contribution in [-0.4, -0.2) is 52.8 Å². The normalized spacial score (nSPS) is 14.4. The molecule has 0 unspecified atom stereocenters. The molecule has 3 rings (SSSR count). The van der Waals surface area contributed by atoms with Gasteiger partial charge in [-0.2, -0.15) is 0 Å². The topological polar surface area (TPSA) is 53.5 Å². The third-order valence-corrected chi connectivity index (χ3v) is 4.37. The van der Waals surface area contributed by atoms with Crippen LogP contribution in [0.5, 0.6) is 0 Å². The summed E-state index contributed by atoms with van der Waals surface area (Å²) in [6.45, 7) is 2.12. The molecule has 2 amide bonds. The van der Waals surface area contributed by atoms with Crippen LogP contribution in [-0.2, 0) is 11.2 Å². The summed E-state index contributed by atoms with van der Waals surface area (Å²) in [5.41, 5.74) is 1.51. The smallest absolute Gasteiger partial charge is 0.255 e. The SMILES string of the molecule is O=C(CCc1ccc(F)cc1)N1CCN(C(=O)c2cccnc2)CC1. The monoisotopic (exact) mass is 341 g/mol. The van der Waals surface area contributed by atoms with Crippen LogP contribution in [0.25, 0.3) is 0 Å². The van der Waals surface area contributed by atoms with E-state index in [-0.39, 0.29) is 17.6 Å². The number of nitrogens with zero attached hydrogens (tertiary/aromatic N) is 3. The van der Waals surface area contributed by atoms with Crippen LogP contribution in [0, 0.1) is 5.82 Å². The highest BCUT2D eigenvalue weighted by Gasteiger charge is 2.24. The van der Waals surface area contributed by atoms with Crippen molar-refractivity contribution in [3.63, 3.8) is 0 Å². The number of carbonyl (C=O) groups is 2. The number of piperazine rings is 1.